The summed E-state index contributed by atoms with van der Waals surface area (Å²) < 4.78 is 11.4. The third-order valence-electron chi connectivity index (χ3n) is 4.72. The van der Waals surface area contributed by atoms with Gasteiger partial charge in [0, 0.05) is 17.9 Å². The van der Waals surface area contributed by atoms with E-state index in [-0.39, 0.29) is 23.5 Å². The molecule has 1 aromatic carbocycles. The van der Waals surface area contributed by atoms with Gasteiger partial charge in [-0.3, -0.25) is 4.79 Å². The molecule has 4 heteroatoms. The second-order valence-corrected chi connectivity index (χ2v) is 7.01. The molecule has 1 fully saturated rings. The third-order valence-corrected chi connectivity index (χ3v) is 4.72. The van der Waals surface area contributed by atoms with Gasteiger partial charge in [0.1, 0.15) is 17.1 Å². The highest BCUT2D eigenvalue weighted by Crippen LogP contribution is 2.41. The van der Waals surface area contributed by atoms with Crippen LogP contribution in [0.3, 0.4) is 0 Å². The quantitative estimate of drug-likeness (QED) is 0.928. The fourth-order valence-corrected chi connectivity index (χ4v) is 3.57. The van der Waals surface area contributed by atoms with Crippen LogP contribution >= 0.6 is 0 Å². The summed E-state index contributed by atoms with van der Waals surface area (Å²) in [7, 11) is 1.65. The van der Waals surface area contributed by atoms with Crippen molar-refractivity contribution in [2.24, 2.45) is 5.92 Å². The number of benzene rings is 1. The Kier molecular flexibility index (Phi) is 4.02. The van der Waals surface area contributed by atoms with Crippen molar-refractivity contribution in [2.45, 2.75) is 57.6 Å². The van der Waals surface area contributed by atoms with Crippen molar-refractivity contribution >= 4 is 5.91 Å². The summed E-state index contributed by atoms with van der Waals surface area (Å²) in [5, 5.41) is 3.25. The summed E-state index contributed by atoms with van der Waals surface area (Å²) in [4.78, 5) is 12.5. The molecule has 1 aliphatic heterocycles. The lowest BCUT2D eigenvalue weighted by Gasteiger charge is -2.38. The predicted octanol–water partition coefficient (Wildman–Crippen LogP) is 3.60. The monoisotopic (exact) mass is 303 g/mol. The maximum atomic E-state index is 12.5. The predicted molar refractivity (Wildman–Crippen MR) is 85.2 cm³/mol. The highest BCUT2D eigenvalue weighted by molar-refractivity contribution is 5.79. The average Bonchev–Trinajstić information content (AvgIpc) is 3.00. The van der Waals surface area contributed by atoms with E-state index in [4.69, 9.17) is 9.47 Å². The Morgan fingerprint density at radius 3 is 2.73 bits per heavy atom. The smallest absolute Gasteiger partial charge is 0.223 e. The van der Waals surface area contributed by atoms with E-state index in [9.17, 15) is 4.79 Å². The van der Waals surface area contributed by atoms with Crippen molar-refractivity contribution in [3.63, 3.8) is 0 Å². The summed E-state index contributed by atoms with van der Waals surface area (Å²) in [6.07, 6.45) is 5.14. The standard InChI is InChI=1S/C18H25NO3/c1-18(2)11-15(19-17(20)12-6-4-5-7-12)14-10-13(21-3)8-9-16(14)22-18/h8-10,12,15H,4-7,11H2,1-3H3,(H,19,20). The topological polar surface area (TPSA) is 47.6 Å². The molecule has 1 amide bonds. The van der Waals surface area contributed by atoms with Crippen LogP contribution in [0.5, 0.6) is 11.5 Å². The number of carbonyl (C=O) groups is 1. The van der Waals surface area contributed by atoms with Gasteiger partial charge < -0.3 is 14.8 Å². The van der Waals surface area contributed by atoms with Crippen molar-refractivity contribution < 1.29 is 14.3 Å². The van der Waals surface area contributed by atoms with Gasteiger partial charge in [0.2, 0.25) is 5.91 Å². The second kappa shape index (κ2) is 5.82. The number of methoxy groups -OCH3 is 1. The minimum atomic E-state index is -0.283. The van der Waals surface area contributed by atoms with Crippen molar-refractivity contribution in [1.82, 2.24) is 5.32 Å². The zero-order chi connectivity index (χ0) is 15.7. The molecule has 120 valence electrons. The van der Waals surface area contributed by atoms with Gasteiger partial charge in [-0.15, -0.1) is 0 Å². The summed E-state index contributed by atoms with van der Waals surface area (Å²) >= 11 is 0. The fraction of sp³-hybridized carbons (Fsp3) is 0.611. The number of nitrogens with one attached hydrogen (secondary N) is 1. The van der Waals surface area contributed by atoms with E-state index in [0.29, 0.717) is 0 Å². The number of ether oxygens (including phenoxy) is 2. The van der Waals surface area contributed by atoms with Gasteiger partial charge >= 0.3 is 0 Å². The molecule has 1 aromatic rings. The van der Waals surface area contributed by atoms with Crippen LogP contribution in [0.25, 0.3) is 0 Å². The zero-order valence-electron chi connectivity index (χ0n) is 13.6. The molecule has 0 spiro atoms. The van der Waals surface area contributed by atoms with Gasteiger partial charge in [-0.2, -0.15) is 0 Å². The van der Waals surface area contributed by atoms with Crippen LogP contribution in [0.4, 0.5) is 0 Å². The number of rotatable bonds is 3. The molecule has 1 aliphatic carbocycles. The van der Waals surface area contributed by atoms with Crippen LogP contribution in [-0.4, -0.2) is 18.6 Å². The van der Waals surface area contributed by atoms with E-state index in [0.717, 1.165) is 36.3 Å². The Balaban J connectivity index is 1.84. The normalized spacial score (nSPS) is 23.5. The Hall–Kier alpha value is -1.71. The van der Waals surface area contributed by atoms with Crippen LogP contribution in [0.2, 0.25) is 0 Å². The van der Waals surface area contributed by atoms with Crippen LogP contribution in [0.15, 0.2) is 18.2 Å². The minimum absolute atomic E-state index is 0.0121. The van der Waals surface area contributed by atoms with Crippen molar-refractivity contribution in [3.05, 3.63) is 23.8 Å². The Labute approximate surface area is 132 Å². The highest BCUT2D eigenvalue weighted by Gasteiger charge is 2.36. The first-order valence-corrected chi connectivity index (χ1v) is 8.16. The molecular weight excluding hydrogens is 278 g/mol. The van der Waals surface area contributed by atoms with Crippen LogP contribution in [0, 0.1) is 5.92 Å². The molecule has 2 aliphatic rings. The first-order chi connectivity index (χ1) is 10.5. The number of amides is 1. The van der Waals surface area contributed by atoms with E-state index >= 15 is 0 Å². The van der Waals surface area contributed by atoms with E-state index in [1.807, 2.05) is 18.2 Å². The van der Waals surface area contributed by atoms with Gasteiger partial charge in [0.25, 0.3) is 0 Å². The number of carbonyl (C=O) groups excluding carboxylic acids is 1. The maximum Gasteiger partial charge on any atom is 0.223 e. The molecule has 1 atom stereocenters. The van der Waals surface area contributed by atoms with E-state index < -0.39 is 0 Å². The molecule has 0 aromatic heterocycles. The molecule has 22 heavy (non-hydrogen) atoms. The van der Waals surface area contributed by atoms with Crippen molar-refractivity contribution in [2.75, 3.05) is 7.11 Å². The summed E-state index contributed by atoms with van der Waals surface area (Å²) in [5.74, 6) is 2.00. The first-order valence-electron chi connectivity index (χ1n) is 8.16. The van der Waals surface area contributed by atoms with Crippen molar-refractivity contribution in [3.8, 4) is 11.5 Å². The van der Waals surface area contributed by atoms with Crippen molar-refractivity contribution in [1.29, 1.82) is 0 Å². The summed E-state index contributed by atoms with van der Waals surface area (Å²) in [6, 6.07) is 5.80. The molecule has 1 heterocycles. The Morgan fingerprint density at radius 2 is 2.05 bits per heavy atom. The number of fused-ring (bicyclic) bond motifs is 1. The van der Waals surface area contributed by atoms with Gasteiger partial charge in [0.15, 0.2) is 0 Å². The zero-order valence-corrected chi connectivity index (χ0v) is 13.6. The maximum absolute atomic E-state index is 12.5. The van der Waals surface area contributed by atoms with Crippen LogP contribution in [0.1, 0.15) is 57.6 Å². The first kappa shape index (κ1) is 15.2. The number of hydrogen-bond acceptors (Lipinski definition) is 3. The molecule has 1 N–H and O–H groups in total. The van der Waals surface area contributed by atoms with Crippen LogP contribution in [-0.2, 0) is 4.79 Å². The molecule has 1 saturated carbocycles. The molecule has 1 unspecified atom stereocenters. The second-order valence-electron chi connectivity index (χ2n) is 7.01. The Morgan fingerprint density at radius 1 is 1.32 bits per heavy atom. The lowest BCUT2D eigenvalue weighted by Crippen LogP contribution is -2.42. The molecular formula is C18H25NO3. The van der Waals surface area contributed by atoms with E-state index in [1.165, 1.54) is 12.8 Å². The average molecular weight is 303 g/mol. The highest BCUT2D eigenvalue weighted by atomic mass is 16.5. The molecule has 0 saturated heterocycles. The molecule has 0 bridgehead atoms. The number of hydrogen-bond donors (Lipinski definition) is 1. The summed E-state index contributed by atoms with van der Waals surface area (Å²) in [5.41, 5.74) is 0.736. The van der Waals surface area contributed by atoms with E-state index in [1.54, 1.807) is 7.11 Å². The van der Waals surface area contributed by atoms with Gasteiger partial charge in [-0.1, -0.05) is 12.8 Å². The largest absolute Gasteiger partial charge is 0.497 e. The Bertz CT molecular complexity index is 561. The SMILES string of the molecule is COc1ccc2c(c1)C(NC(=O)C1CCCC1)CC(C)(C)O2. The van der Waals surface area contributed by atoms with Gasteiger partial charge in [-0.05, 0) is 44.9 Å². The lowest BCUT2D eigenvalue weighted by atomic mass is 9.89. The van der Waals surface area contributed by atoms with Gasteiger partial charge in [0.05, 0.1) is 13.2 Å². The fourth-order valence-electron chi connectivity index (χ4n) is 3.57. The van der Waals surface area contributed by atoms with Crippen LogP contribution < -0.4 is 14.8 Å². The summed E-state index contributed by atoms with van der Waals surface area (Å²) in [6.45, 7) is 4.13. The minimum Gasteiger partial charge on any atom is -0.497 e. The van der Waals surface area contributed by atoms with Gasteiger partial charge in [-0.25, -0.2) is 0 Å². The third kappa shape index (κ3) is 3.06. The van der Waals surface area contributed by atoms with E-state index in [2.05, 4.69) is 19.2 Å². The lowest BCUT2D eigenvalue weighted by molar-refractivity contribution is -0.126. The molecule has 0 radical (unpaired) electrons. The molecule has 3 rings (SSSR count). The molecule has 4 nitrogen and oxygen atoms in total.